The molecule has 0 saturated carbocycles. The first-order chi connectivity index (χ1) is 9.71. The fraction of sp³-hybridized carbons (Fsp3) is 0.333. The minimum Gasteiger partial charge on any atom is -0.493 e. The Balaban J connectivity index is 2.48. The Morgan fingerprint density at radius 1 is 1.25 bits per heavy atom. The van der Waals surface area contributed by atoms with Crippen LogP contribution < -0.4 is 14.8 Å². The fourth-order valence-electron chi connectivity index (χ4n) is 2.11. The van der Waals surface area contributed by atoms with Crippen LogP contribution in [-0.4, -0.2) is 20.8 Å². The van der Waals surface area contributed by atoms with Gasteiger partial charge in [0.15, 0.2) is 11.5 Å². The van der Waals surface area contributed by atoms with Gasteiger partial charge in [0.05, 0.1) is 20.3 Å². The predicted molar refractivity (Wildman–Crippen MR) is 87.1 cm³/mol. The van der Waals surface area contributed by atoms with Crippen LogP contribution >= 0.6 is 27.3 Å². The number of nitrogens with one attached hydrogen (secondary N) is 1. The zero-order chi connectivity index (χ0) is 14.5. The summed E-state index contributed by atoms with van der Waals surface area (Å²) in [4.78, 5) is 1.28. The summed E-state index contributed by atoms with van der Waals surface area (Å²) in [5, 5.41) is 5.61. The van der Waals surface area contributed by atoms with Crippen LogP contribution in [0.25, 0.3) is 0 Å². The molecule has 0 amide bonds. The van der Waals surface area contributed by atoms with E-state index in [1.165, 1.54) is 4.88 Å². The number of benzene rings is 1. The van der Waals surface area contributed by atoms with Crippen LogP contribution in [0.4, 0.5) is 0 Å². The lowest BCUT2D eigenvalue weighted by Gasteiger charge is -2.20. The predicted octanol–water partition coefficient (Wildman–Crippen LogP) is 4.23. The second-order valence-corrected chi connectivity index (χ2v) is 6.07. The van der Waals surface area contributed by atoms with Crippen LogP contribution in [0.5, 0.6) is 11.5 Å². The first-order valence-corrected chi connectivity index (χ1v) is 8.06. The zero-order valence-electron chi connectivity index (χ0n) is 11.8. The van der Waals surface area contributed by atoms with Crippen molar-refractivity contribution in [2.24, 2.45) is 0 Å². The van der Waals surface area contributed by atoms with Crippen molar-refractivity contribution < 1.29 is 9.47 Å². The molecular weight excluding hydrogens is 338 g/mol. The second-order valence-electron chi connectivity index (χ2n) is 4.23. The Morgan fingerprint density at radius 3 is 2.50 bits per heavy atom. The lowest BCUT2D eigenvalue weighted by Crippen LogP contribution is -2.21. The number of rotatable bonds is 6. The molecule has 1 heterocycles. The molecule has 108 valence electrons. The van der Waals surface area contributed by atoms with Gasteiger partial charge in [-0.05, 0) is 35.7 Å². The van der Waals surface area contributed by atoms with Crippen molar-refractivity contribution in [1.82, 2.24) is 5.32 Å². The Bertz CT molecular complexity index is 557. The maximum atomic E-state index is 5.41. The smallest absolute Gasteiger partial charge is 0.161 e. The van der Waals surface area contributed by atoms with Gasteiger partial charge < -0.3 is 14.8 Å². The van der Waals surface area contributed by atoms with E-state index in [0.717, 1.165) is 28.1 Å². The summed E-state index contributed by atoms with van der Waals surface area (Å²) in [6, 6.07) is 8.33. The lowest BCUT2D eigenvalue weighted by atomic mass is 10.0. The minimum absolute atomic E-state index is 0.147. The van der Waals surface area contributed by atoms with Crippen LogP contribution in [0.1, 0.15) is 23.4 Å². The lowest BCUT2D eigenvalue weighted by molar-refractivity contribution is 0.354. The van der Waals surface area contributed by atoms with E-state index < -0.39 is 0 Å². The topological polar surface area (TPSA) is 30.5 Å². The Morgan fingerprint density at radius 2 is 1.95 bits per heavy atom. The number of hydrogen-bond acceptors (Lipinski definition) is 4. The van der Waals surface area contributed by atoms with Gasteiger partial charge in [0.25, 0.3) is 0 Å². The SMILES string of the molecule is CCNC(c1cccs1)c1cc(OC)c(OC)cc1Br. The van der Waals surface area contributed by atoms with E-state index in [9.17, 15) is 0 Å². The molecule has 1 aromatic heterocycles. The van der Waals surface area contributed by atoms with Crippen molar-refractivity contribution in [2.75, 3.05) is 20.8 Å². The summed E-state index contributed by atoms with van der Waals surface area (Å²) < 4.78 is 11.7. The van der Waals surface area contributed by atoms with Crippen LogP contribution in [0.2, 0.25) is 0 Å². The van der Waals surface area contributed by atoms with E-state index in [0.29, 0.717) is 0 Å². The molecule has 0 fully saturated rings. The molecule has 0 saturated heterocycles. The highest BCUT2D eigenvalue weighted by Crippen LogP contribution is 2.38. The third kappa shape index (κ3) is 3.16. The van der Waals surface area contributed by atoms with Crippen molar-refractivity contribution in [3.8, 4) is 11.5 Å². The molecule has 0 aliphatic heterocycles. The summed E-state index contributed by atoms with van der Waals surface area (Å²) in [5.74, 6) is 1.47. The normalized spacial score (nSPS) is 12.2. The third-order valence-corrected chi connectivity index (χ3v) is 4.67. The summed E-state index contributed by atoms with van der Waals surface area (Å²) in [6.45, 7) is 3.00. The summed E-state index contributed by atoms with van der Waals surface area (Å²) in [5.41, 5.74) is 1.15. The van der Waals surface area contributed by atoms with Gasteiger partial charge in [0, 0.05) is 9.35 Å². The molecule has 0 spiro atoms. The van der Waals surface area contributed by atoms with Gasteiger partial charge in [-0.15, -0.1) is 11.3 Å². The van der Waals surface area contributed by atoms with Gasteiger partial charge >= 0.3 is 0 Å². The Kier molecular flexibility index (Phi) is 5.46. The maximum absolute atomic E-state index is 5.41. The molecule has 1 atom stereocenters. The van der Waals surface area contributed by atoms with Crippen LogP contribution in [-0.2, 0) is 0 Å². The summed E-state index contributed by atoms with van der Waals surface area (Å²) in [7, 11) is 3.30. The average Bonchev–Trinajstić information content (AvgIpc) is 2.98. The molecule has 2 rings (SSSR count). The van der Waals surface area contributed by atoms with Gasteiger partial charge in [-0.25, -0.2) is 0 Å². The van der Waals surface area contributed by atoms with Gasteiger partial charge in [0.1, 0.15) is 0 Å². The molecule has 5 heteroatoms. The third-order valence-electron chi connectivity index (χ3n) is 3.05. The van der Waals surface area contributed by atoms with E-state index in [-0.39, 0.29) is 6.04 Å². The van der Waals surface area contributed by atoms with Crippen molar-refractivity contribution in [2.45, 2.75) is 13.0 Å². The molecule has 1 aromatic carbocycles. The minimum atomic E-state index is 0.147. The molecule has 20 heavy (non-hydrogen) atoms. The maximum Gasteiger partial charge on any atom is 0.161 e. The van der Waals surface area contributed by atoms with Crippen molar-refractivity contribution in [3.05, 3.63) is 44.6 Å². The highest BCUT2D eigenvalue weighted by molar-refractivity contribution is 9.10. The monoisotopic (exact) mass is 355 g/mol. The Hall–Kier alpha value is -1.04. The van der Waals surface area contributed by atoms with Crippen molar-refractivity contribution >= 4 is 27.3 Å². The molecule has 0 aliphatic carbocycles. The highest BCUT2D eigenvalue weighted by atomic mass is 79.9. The van der Waals surface area contributed by atoms with Crippen molar-refractivity contribution in [3.63, 3.8) is 0 Å². The number of methoxy groups -OCH3 is 2. The molecule has 1 N–H and O–H groups in total. The quantitative estimate of drug-likeness (QED) is 0.840. The molecule has 1 unspecified atom stereocenters. The summed E-state index contributed by atoms with van der Waals surface area (Å²) in [6.07, 6.45) is 0. The van der Waals surface area contributed by atoms with E-state index in [1.54, 1.807) is 25.6 Å². The second kappa shape index (κ2) is 7.11. The van der Waals surface area contributed by atoms with E-state index in [4.69, 9.17) is 9.47 Å². The zero-order valence-corrected chi connectivity index (χ0v) is 14.2. The number of hydrogen-bond donors (Lipinski definition) is 1. The molecule has 0 bridgehead atoms. The van der Waals surface area contributed by atoms with Gasteiger partial charge in [-0.2, -0.15) is 0 Å². The van der Waals surface area contributed by atoms with Gasteiger partial charge in [-0.3, -0.25) is 0 Å². The molecule has 0 radical (unpaired) electrons. The van der Waals surface area contributed by atoms with E-state index in [1.807, 2.05) is 12.1 Å². The van der Waals surface area contributed by atoms with E-state index >= 15 is 0 Å². The number of ether oxygens (including phenoxy) is 2. The molecular formula is C15H18BrNO2S. The summed E-state index contributed by atoms with van der Waals surface area (Å²) >= 11 is 5.38. The van der Waals surface area contributed by atoms with Crippen LogP contribution in [0.3, 0.4) is 0 Å². The highest BCUT2D eigenvalue weighted by Gasteiger charge is 2.19. The standard InChI is InChI=1S/C15H18BrNO2S/c1-4-17-15(14-6-5-7-20-14)10-8-12(18-2)13(19-3)9-11(10)16/h5-9,15,17H,4H2,1-3H3. The average molecular weight is 356 g/mol. The molecule has 3 nitrogen and oxygen atoms in total. The van der Waals surface area contributed by atoms with Gasteiger partial charge in [-0.1, -0.05) is 28.9 Å². The number of thiophene rings is 1. The van der Waals surface area contributed by atoms with Crippen molar-refractivity contribution in [1.29, 1.82) is 0 Å². The first-order valence-electron chi connectivity index (χ1n) is 6.39. The van der Waals surface area contributed by atoms with Crippen LogP contribution in [0, 0.1) is 0 Å². The Labute approximate surface area is 132 Å². The van der Waals surface area contributed by atoms with E-state index in [2.05, 4.69) is 45.7 Å². The van der Waals surface area contributed by atoms with Gasteiger partial charge in [0.2, 0.25) is 0 Å². The molecule has 2 aromatic rings. The fourth-order valence-corrected chi connectivity index (χ4v) is 3.48. The van der Waals surface area contributed by atoms with Crippen LogP contribution in [0.15, 0.2) is 34.1 Å². The first kappa shape index (κ1) is 15.4. The molecule has 0 aliphatic rings. The number of halogens is 1. The largest absolute Gasteiger partial charge is 0.493 e.